The number of rotatable bonds is 9. The number of anilines is 1. The first-order valence-electron chi connectivity index (χ1n) is 10.4. The van der Waals surface area contributed by atoms with Crippen LogP contribution in [0.15, 0.2) is 54.6 Å². The van der Waals surface area contributed by atoms with Crippen LogP contribution in [-0.4, -0.2) is 73.6 Å². The van der Waals surface area contributed by atoms with Crippen LogP contribution in [0.5, 0.6) is 11.5 Å². The van der Waals surface area contributed by atoms with Gasteiger partial charge in [0, 0.05) is 38.8 Å². The summed E-state index contributed by atoms with van der Waals surface area (Å²) in [5.74, 6) is 0.556. The standard InChI is InChI=1S/C24H30N2O5/c1-18(15-24(28)29)19-7-9-21(10-8-19)31-17-20(27)16-25-11-13-26(14-12-25)22-5-3-4-6-23(22)30-2/h3-10,15,20,27H,11-14,16-17H2,1-2H3,(H,28,29). The van der Waals surface area contributed by atoms with E-state index in [2.05, 4.69) is 15.9 Å². The first-order valence-corrected chi connectivity index (χ1v) is 10.4. The average molecular weight is 427 g/mol. The van der Waals surface area contributed by atoms with Crippen molar-refractivity contribution in [3.05, 3.63) is 60.2 Å². The molecule has 1 saturated heterocycles. The highest BCUT2D eigenvalue weighted by atomic mass is 16.5. The largest absolute Gasteiger partial charge is 0.495 e. The first kappa shape index (κ1) is 22.7. The minimum atomic E-state index is -0.968. The van der Waals surface area contributed by atoms with Gasteiger partial charge >= 0.3 is 5.97 Å². The van der Waals surface area contributed by atoms with Crippen LogP contribution >= 0.6 is 0 Å². The molecule has 3 rings (SSSR count). The normalized spacial score (nSPS) is 16.1. The summed E-state index contributed by atoms with van der Waals surface area (Å²) in [5, 5.41) is 19.2. The molecule has 1 heterocycles. The Morgan fingerprint density at radius 1 is 1.10 bits per heavy atom. The Bertz CT molecular complexity index is 889. The average Bonchev–Trinajstić information content (AvgIpc) is 2.78. The van der Waals surface area contributed by atoms with Gasteiger partial charge in [0.1, 0.15) is 24.2 Å². The molecule has 2 aromatic carbocycles. The van der Waals surface area contributed by atoms with Gasteiger partial charge in [0.15, 0.2) is 0 Å². The molecular weight excluding hydrogens is 396 g/mol. The third-order valence-corrected chi connectivity index (χ3v) is 5.36. The summed E-state index contributed by atoms with van der Waals surface area (Å²) in [5.41, 5.74) is 2.60. The Kier molecular flexibility index (Phi) is 7.92. The number of piperazine rings is 1. The number of carboxylic acid groups (broad SMARTS) is 1. The van der Waals surface area contributed by atoms with Crippen molar-refractivity contribution in [3.63, 3.8) is 0 Å². The number of methoxy groups -OCH3 is 1. The zero-order chi connectivity index (χ0) is 22.2. The Morgan fingerprint density at radius 3 is 2.42 bits per heavy atom. The summed E-state index contributed by atoms with van der Waals surface area (Å²) in [6.45, 7) is 5.98. The number of β-amino-alcohol motifs (C(OH)–C–C–N with tert-alkyl or cyclic N) is 1. The highest BCUT2D eigenvalue weighted by Crippen LogP contribution is 2.28. The van der Waals surface area contributed by atoms with Gasteiger partial charge in [-0.1, -0.05) is 24.3 Å². The highest BCUT2D eigenvalue weighted by molar-refractivity contribution is 5.89. The lowest BCUT2D eigenvalue weighted by Crippen LogP contribution is -2.49. The molecule has 0 spiro atoms. The molecule has 1 unspecified atom stereocenters. The number of carbonyl (C=O) groups is 1. The maximum atomic E-state index is 10.8. The maximum Gasteiger partial charge on any atom is 0.328 e. The molecule has 1 atom stereocenters. The number of carboxylic acids is 1. The topological polar surface area (TPSA) is 82.5 Å². The quantitative estimate of drug-likeness (QED) is 0.597. The Morgan fingerprint density at radius 2 is 1.77 bits per heavy atom. The first-order chi connectivity index (χ1) is 15.0. The number of hydrogen-bond donors (Lipinski definition) is 2. The lowest BCUT2D eigenvalue weighted by atomic mass is 10.1. The highest BCUT2D eigenvalue weighted by Gasteiger charge is 2.21. The van der Waals surface area contributed by atoms with Crippen LogP contribution in [0.4, 0.5) is 5.69 Å². The number of hydrogen-bond acceptors (Lipinski definition) is 6. The smallest absolute Gasteiger partial charge is 0.328 e. The van der Waals surface area contributed by atoms with Gasteiger partial charge in [0.05, 0.1) is 12.8 Å². The number of aliphatic carboxylic acids is 1. The second kappa shape index (κ2) is 10.8. The van der Waals surface area contributed by atoms with Crippen LogP contribution in [0, 0.1) is 0 Å². The van der Waals surface area contributed by atoms with Gasteiger partial charge in [-0.2, -0.15) is 0 Å². The fourth-order valence-electron chi connectivity index (χ4n) is 3.69. The predicted molar refractivity (Wildman–Crippen MR) is 121 cm³/mol. The SMILES string of the molecule is COc1ccccc1N1CCN(CC(O)COc2ccc(C(C)=CC(=O)O)cc2)CC1. The van der Waals surface area contributed by atoms with Crippen LogP contribution in [0.3, 0.4) is 0 Å². The molecule has 0 aromatic heterocycles. The maximum absolute atomic E-state index is 10.8. The van der Waals surface area contributed by atoms with E-state index in [9.17, 15) is 9.90 Å². The van der Waals surface area contributed by atoms with E-state index in [1.807, 2.05) is 30.3 Å². The van der Waals surface area contributed by atoms with Crippen molar-refractivity contribution in [2.24, 2.45) is 0 Å². The summed E-state index contributed by atoms with van der Waals surface area (Å²) in [6, 6.07) is 15.2. The fourth-order valence-corrected chi connectivity index (χ4v) is 3.69. The summed E-state index contributed by atoms with van der Waals surface area (Å²) in [6.07, 6.45) is 0.582. The monoisotopic (exact) mass is 426 g/mol. The molecule has 7 nitrogen and oxygen atoms in total. The number of aliphatic hydroxyl groups excluding tert-OH is 1. The number of allylic oxidation sites excluding steroid dienone is 1. The predicted octanol–water partition coefficient (Wildman–Crippen LogP) is 2.75. The lowest BCUT2D eigenvalue weighted by molar-refractivity contribution is -0.131. The molecule has 2 aromatic rings. The minimum Gasteiger partial charge on any atom is -0.495 e. The van der Waals surface area contributed by atoms with Crippen molar-refractivity contribution >= 4 is 17.2 Å². The van der Waals surface area contributed by atoms with Gasteiger partial charge < -0.3 is 24.6 Å². The summed E-state index contributed by atoms with van der Waals surface area (Å²) in [7, 11) is 1.69. The minimum absolute atomic E-state index is 0.204. The van der Waals surface area contributed by atoms with Gasteiger partial charge in [-0.25, -0.2) is 4.79 Å². The number of para-hydroxylation sites is 2. The number of nitrogens with zero attached hydrogens (tertiary/aromatic N) is 2. The van der Waals surface area contributed by atoms with Gasteiger partial charge in [-0.3, -0.25) is 4.90 Å². The summed E-state index contributed by atoms with van der Waals surface area (Å²) in [4.78, 5) is 15.3. The van der Waals surface area contributed by atoms with Gasteiger partial charge in [0.25, 0.3) is 0 Å². The van der Waals surface area contributed by atoms with Gasteiger partial charge in [0.2, 0.25) is 0 Å². The second-order valence-corrected chi connectivity index (χ2v) is 7.61. The summed E-state index contributed by atoms with van der Waals surface area (Å²) < 4.78 is 11.2. The fraction of sp³-hybridized carbons (Fsp3) is 0.375. The van der Waals surface area contributed by atoms with Crippen LogP contribution in [0.1, 0.15) is 12.5 Å². The Labute approximate surface area is 183 Å². The molecule has 0 amide bonds. The Balaban J connectivity index is 1.43. The van der Waals surface area contributed by atoms with Crippen molar-refractivity contribution in [2.75, 3.05) is 51.3 Å². The van der Waals surface area contributed by atoms with E-state index in [0.717, 1.165) is 43.2 Å². The van der Waals surface area contributed by atoms with E-state index in [1.165, 1.54) is 6.08 Å². The number of ether oxygens (including phenoxy) is 2. The van der Waals surface area contributed by atoms with E-state index >= 15 is 0 Å². The number of aliphatic hydroxyl groups is 1. The van der Waals surface area contributed by atoms with Crippen molar-refractivity contribution in [3.8, 4) is 11.5 Å². The van der Waals surface area contributed by atoms with Crippen molar-refractivity contribution in [1.82, 2.24) is 4.90 Å². The third kappa shape index (κ3) is 6.47. The molecule has 1 aliphatic heterocycles. The molecule has 7 heteroatoms. The third-order valence-electron chi connectivity index (χ3n) is 5.36. The van der Waals surface area contributed by atoms with Crippen molar-refractivity contribution < 1.29 is 24.5 Å². The summed E-state index contributed by atoms with van der Waals surface area (Å²) >= 11 is 0. The molecule has 0 bridgehead atoms. The molecule has 1 aliphatic rings. The Hall–Kier alpha value is -3.03. The molecule has 1 fully saturated rings. The lowest BCUT2D eigenvalue weighted by Gasteiger charge is -2.37. The van der Waals surface area contributed by atoms with Crippen LogP contribution < -0.4 is 14.4 Å². The molecule has 31 heavy (non-hydrogen) atoms. The van der Waals surface area contributed by atoms with Crippen LogP contribution in [0.2, 0.25) is 0 Å². The van der Waals surface area contributed by atoms with E-state index in [0.29, 0.717) is 17.9 Å². The van der Waals surface area contributed by atoms with E-state index in [-0.39, 0.29) is 6.61 Å². The van der Waals surface area contributed by atoms with E-state index in [1.54, 1.807) is 26.2 Å². The molecule has 166 valence electrons. The zero-order valence-electron chi connectivity index (χ0n) is 18.0. The van der Waals surface area contributed by atoms with E-state index in [4.69, 9.17) is 14.6 Å². The van der Waals surface area contributed by atoms with Gasteiger partial charge in [-0.15, -0.1) is 0 Å². The molecule has 0 saturated carbocycles. The van der Waals surface area contributed by atoms with Crippen molar-refractivity contribution in [1.29, 1.82) is 0 Å². The van der Waals surface area contributed by atoms with Crippen LogP contribution in [-0.2, 0) is 4.79 Å². The molecule has 0 radical (unpaired) electrons. The second-order valence-electron chi connectivity index (χ2n) is 7.61. The zero-order valence-corrected chi connectivity index (χ0v) is 18.0. The van der Waals surface area contributed by atoms with Gasteiger partial charge in [-0.05, 0) is 42.3 Å². The molecule has 0 aliphatic carbocycles. The number of benzene rings is 2. The van der Waals surface area contributed by atoms with Crippen molar-refractivity contribution in [2.45, 2.75) is 13.0 Å². The van der Waals surface area contributed by atoms with E-state index < -0.39 is 12.1 Å². The van der Waals surface area contributed by atoms with Crippen LogP contribution in [0.25, 0.3) is 5.57 Å². The molecular formula is C24H30N2O5. The molecule has 2 N–H and O–H groups in total.